The number of benzene rings is 1. The minimum Gasteiger partial charge on any atom is -0.493 e. The topological polar surface area (TPSA) is 68.3 Å². The van der Waals surface area contributed by atoms with Crippen molar-refractivity contribution in [1.82, 2.24) is 9.80 Å². The quantitative estimate of drug-likeness (QED) is 0.631. The molecule has 0 saturated carbocycles. The van der Waals surface area contributed by atoms with Crippen molar-refractivity contribution in [3.8, 4) is 11.5 Å². The van der Waals surface area contributed by atoms with Crippen molar-refractivity contribution in [2.24, 2.45) is 0 Å². The van der Waals surface area contributed by atoms with Gasteiger partial charge in [-0.1, -0.05) is 12.1 Å². The predicted octanol–water partition coefficient (Wildman–Crippen LogP) is 2.42. The lowest BCUT2D eigenvalue weighted by molar-refractivity contribution is -0.137. The van der Waals surface area contributed by atoms with Crippen molar-refractivity contribution in [3.05, 3.63) is 51.8 Å². The molecule has 2 aromatic rings. The fourth-order valence-electron chi connectivity index (χ4n) is 3.77. The molecule has 158 valence electrons. The van der Waals surface area contributed by atoms with Gasteiger partial charge in [0, 0.05) is 24.5 Å². The maximum Gasteiger partial charge on any atom is 0.277 e. The van der Waals surface area contributed by atoms with Crippen molar-refractivity contribution in [2.75, 3.05) is 47.1 Å². The van der Waals surface area contributed by atoms with Crippen LogP contribution in [-0.2, 0) is 20.7 Å². The van der Waals surface area contributed by atoms with Gasteiger partial charge in [0.1, 0.15) is 5.70 Å². The smallest absolute Gasteiger partial charge is 0.277 e. The molecule has 0 radical (unpaired) electrons. The largest absolute Gasteiger partial charge is 0.493 e. The second-order valence-electron chi connectivity index (χ2n) is 7.00. The molecule has 1 aromatic carbocycles. The Labute approximate surface area is 179 Å². The van der Waals surface area contributed by atoms with Gasteiger partial charge in [-0.2, -0.15) is 0 Å². The molecule has 1 saturated heterocycles. The number of rotatable bonds is 7. The summed E-state index contributed by atoms with van der Waals surface area (Å²) in [6.45, 7) is 2.61. The molecule has 1 fully saturated rings. The highest BCUT2D eigenvalue weighted by Gasteiger charge is 2.42. The van der Waals surface area contributed by atoms with Crippen LogP contribution in [0, 0.1) is 0 Å². The summed E-state index contributed by atoms with van der Waals surface area (Å²) in [5.41, 5.74) is 1.97. The van der Waals surface area contributed by atoms with Crippen LogP contribution in [0.4, 0.5) is 0 Å². The van der Waals surface area contributed by atoms with Crippen LogP contribution >= 0.6 is 11.3 Å². The second kappa shape index (κ2) is 8.89. The van der Waals surface area contributed by atoms with E-state index in [0.29, 0.717) is 62.0 Å². The van der Waals surface area contributed by atoms with Gasteiger partial charge in [-0.05, 0) is 35.6 Å². The first kappa shape index (κ1) is 20.4. The number of ether oxygens (including phenoxy) is 3. The molecule has 2 aliphatic heterocycles. The third-order valence-corrected chi connectivity index (χ3v) is 6.20. The lowest BCUT2D eigenvalue weighted by Gasteiger charge is -2.29. The number of hydrogen-bond donors (Lipinski definition) is 0. The molecule has 30 heavy (non-hydrogen) atoms. The molecule has 3 heterocycles. The molecular weight excluding hydrogens is 404 g/mol. The van der Waals surface area contributed by atoms with Crippen molar-refractivity contribution < 1.29 is 23.8 Å². The predicted molar refractivity (Wildman–Crippen MR) is 114 cm³/mol. The highest BCUT2D eigenvalue weighted by Crippen LogP contribution is 2.34. The molecule has 2 amide bonds. The highest BCUT2D eigenvalue weighted by molar-refractivity contribution is 7.11. The number of imide groups is 1. The molecule has 2 aliphatic rings. The fraction of sp³-hybridized carbons (Fsp3) is 0.364. The highest BCUT2D eigenvalue weighted by atomic mass is 32.1. The van der Waals surface area contributed by atoms with Crippen molar-refractivity contribution in [2.45, 2.75) is 6.42 Å². The van der Waals surface area contributed by atoms with Gasteiger partial charge in [-0.25, -0.2) is 0 Å². The van der Waals surface area contributed by atoms with Gasteiger partial charge in [0.2, 0.25) is 0 Å². The van der Waals surface area contributed by atoms with E-state index < -0.39 is 0 Å². The number of morpholine rings is 1. The van der Waals surface area contributed by atoms with Gasteiger partial charge in [0.15, 0.2) is 11.5 Å². The zero-order chi connectivity index (χ0) is 21.1. The van der Waals surface area contributed by atoms with Crippen LogP contribution in [0.5, 0.6) is 11.5 Å². The van der Waals surface area contributed by atoms with Gasteiger partial charge in [-0.15, -0.1) is 11.3 Å². The van der Waals surface area contributed by atoms with Crippen LogP contribution in [-0.4, -0.2) is 68.7 Å². The minimum absolute atomic E-state index is 0.231. The van der Waals surface area contributed by atoms with Crippen LogP contribution in [0.25, 0.3) is 5.57 Å². The number of carbonyl (C=O) groups is 2. The summed E-state index contributed by atoms with van der Waals surface area (Å²) in [7, 11) is 3.17. The Morgan fingerprint density at radius 2 is 1.80 bits per heavy atom. The molecule has 0 N–H and O–H groups in total. The van der Waals surface area contributed by atoms with Gasteiger partial charge in [0.25, 0.3) is 11.8 Å². The Hall–Kier alpha value is -2.84. The number of hydrogen-bond acceptors (Lipinski definition) is 7. The van der Waals surface area contributed by atoms with Crippen molar-refractivity contribution in [1.29, 1.82) is 0 Å². The summed E-state index contributed by atoms with van der Waals surface area (Å²) in [6.07, 6.45) is 0.534. The number of methoxy groups -OCH3 is 2. The SMILES string of the molecule is COc1ccc(CCN2C(=O)C(c3cccs3)=C(N3CCOCC3)C2=O)cc1OC. The van der Waals surface area contributed by atoms with E-state index in [1.807, 2.05) is 40.6 Å². The van der Waals surface area contributed by atoms with Crippen LogP contribution in [0.15, 0.2) is 41.4 Å². The summed E-state index contributed by atoms with van der Waals surface area (Å²) in [5.74, 6) is 0.807. The van der Waals surface area contributed by atoms with E-state index in [1.54, 1.807) is 14.2 Å². The number of amides is 2. The summed E-state index contributed by atoms with van der Waals surface area (Å²) in [5, 5.41) is 1.92. The van der Waals surface area contributed by atoms with Crippen molar-refractivity contribution in [3.63, 3.8) is 0 Å². The lowest BCUT2D eigenvalue weighted by atomic mass is 10.1. The number of nitrogens with zero attached hydrogens (tertiary/aromatic N) is 2. The van der Waals surface area contributed by atoms with Crippen molar-refractivity contribution >= 4 is 28.7 Å². The summed E-state index contributed by atoms with van der Waals surface area (Å²) in [4.78, 5) is 30.7. The normalized spacial score (nSPS) is 17.1. The van der Waals surface area contributed by atoms with E-state index in [1.165, 1.54) is 16.2 Å². The second-order valence-corrected chi connectivity index (χ2v) is 7.95. The van der Waals surface area contributed by atoms with E-state index in [-0.39, 0.29) is 11.8 Å². The van der Waals surface area contributed by atoms with Crippen LogP contribution in [0.1, 0.15) is 10.4 Å². The standard InChI is InChI=1S/C22H24N2O5S/c1-27-16-6-5-15(14-17(16)28-2)7-8-24-21(25)19(18-4-3-13-30-18)20(22(24)26)23-9-11-29-12-10-23/h3-6,13-14H,7-12H2,1-2H3. The van der Waals surface area contributed by atoms with E-state index in [4.69, 9.17) is 14.2 Å². The Kier molecular flexibility index (Phi) is 6.06. The monoisotopic (exact) mass is 428 g/mol. The first-order valence-corrected chi connectivity index (χ1v) is 10.7. The first-order valence-electron chi connectivity index (χ1n) is 9.82. The van der Waals surface area contributed by atoms with E-state index in [0.717, 1.165) is 10.4 Å². The zero-order valence-electron chi connectivity index (χ0n) is 17.1. The van der Waals surface area contributed by atoms with Gasteiger partial charge >= 0.3 is 0 Å². The molecule has 7 nitrogen and oxygen atoms in total. The maximum absolute atomic E-state index is 13.3. The van der Waals surface area contributed by atoms with Gasteiger partial charge < -0.3 is 19.1 Å². The van der Waals surface area contributed by atoms with Crippen LogP contribution in [0.2, 0.25) is 0 Å². The molecule has 0 aliphatic carbocycles. The average Bonchev–Trinajstić information content (AvgIpc) is 3.39. The van der Waals surface area contributed by atoms with E-state index in [2.05, 4.69) is 0 Å². The van der Waals surface area contributed by atoms with E-state index in [9.17, 15) is 9.59 Å². The van der Waals surface area contributed by atoms with Crippen LogP contribution in [0.3, 0.4) is 0 Å². The fourth-order valence-corrected chi connectivity index (χ4v) is 4.53. The average molecular weight is 429 g/mol. The molecule has 1 aromatic heterocycles. The van der Waals surface area contributed by atoms with Gasteiger partial charge in [-0.3, -0.25) is 14.5 Å². The number of carbonyl (C=O) groups excluding carboxylic acids is 2. The molecule has 4 rings (SSSR count). The third kappa shape index (κ3) is 3.80. The first-order chi connectivity index (χ1) is 14.6. The molecule has 8 heteroatoms. The molecule has 0 atom stereocenters. The molecule has 0 spiro atoms. The number of thiophene rings is 1. The van der Waals surface area contributed by atoms with Crippen LogP contribution < -0.4 is 9.47 Å². The van der Waals surface area contributed by atoms with E-state index >= 15 is 0 Å². The Balaban J connectivity index is 1.57. The molecule has 0 unspecified atom stereocenters. The Morgan fingerprint density at radius 1 is 1.03 bits per heavy atom. The lowest BCUT2D eigenvalue weighted by Crippen LogP contribution is -2.40. The minimum atomic E-state index is -0.232. The molecular formula is C22H24N2O5S. The maximum atomic E-state index is 13.3. The summed E-state index contributed by atoms with van der Waals surface area (Å²) < 4.78 is 16.1. The summed E-state index contributed by atoms with van der Waals surface area (Å²) in [6, 6.07) is 9.41. The van der Waals surface area contributed by atoms with Gasteiger partial charge in [0.05, 0.1) is 33.0 Å². The third-order valence-electron chi connectivity index (χ3n) is 5.31. The zero-order valence-corrected chi connectivity index (χ0v) is 17.9. The Bertz CT molecular complexity index is 964. The Morgan fingerprint density at radius 3 is 2.47 bits per heavy atom. The molecule has 0 bridgehead atoms. The summed E-state index contributed by atoms with van der Waals surface area (Å²) >= 11 is 1.47.